The Hall–Kier alpha value is -3.33. The van der Waals surface area contributed by atoms with E-state index in [9.17, 15) is 0 Å². The van der Waals surface area contributed by atoms with Gasteiger partial charge in [-0.05, 0) is 38.0 Å². The van der Waals surface area contributed by atoms with Crippen LogP contribution in [0.2, 0.25) is 0 Å². The Morgan fingerprint density at radius 3 is 2.83 bits per heavy atom. The summed E-state index contributed by atoms with van der Waals surface area (Å²) < 4.78 is 5.58. The lowest BCUT2D eigenvalue weighted by Crippen LogP contribution is -2.44. The Labute approximate surface area is 174 Å². The number of allylic oxidation sites excluding steroid dienone is 2. The van der Waals surface area contributed by atoms with Crippen molar-refractivity contribution in [1.29, 1.82) is 10.9 Å². The summed E-state index contributed by atoms with van der Waals surface area (Å²) in [6.45, 7) is 4.04. The van der Waals surface area contributed by atoms with Gasteiger partial charge in [0.05, 0.1) is 36.3 Å². The standard InChI is InChI=1S/C21H26N8O/c1-12-11-30-9-8-29(12)17-10-15(18(24)19(28-25)13-2-3-13)14-5-7-26-21(20(14)27-17)16(23)4-6-22/h4-7,10,12-13,22,25H,2-3,8-9,11,23-24H2,1H3/b16-4-,19-18-,22-6?,28-25?/t12-/m1/s1. The zero-order chi connectivity index (χ0) is 21.3. The zero-order valence-electron chi connectivity index (χ0n) is 16.9. The molecular weight excluding hydrogens is 380 g/mol. The lowest BCUT2D eigenvalue weighted by Gasteiger charge is -2.34. The summed E-state index contributed by atoms with van der Waals surface area (Å²) in [7, 11) is 0. The third-order valence-corrected chi connectivity index (χ3v) is 5.56. The van der Waals surface area contributed by atoms with Crippen LogP contribution in [-0.4, -0.2) is 42.0 Å². The lowest BCUT2D eigenvalue weighted by atomic mass is 10.0. The van der Waals surface area contributed by atoms with Crippen LogP contribution in [0.4, 0.5) is 5.82 Å². The SMILES string of the molecule is C[C@@H]1COCCN1c1cc(/C(N)=C(/N=N)C2CC2)c2ccnc(/C(N)=C/C=N)c2n1. The minimum atomic E-state index is 0.153. The largest absolute Gasteiger partial charge is 0.397 e. The van der Waals surface area contributed by atoms with E-state index in [2.05, 4.69) is 21.9 Å². The van der Waals surface area contributed by atoms with Crippen molar-refractivity contribution >= 4 is 34.3 Å². The predicted octanol–water partition coefficient (Wildman–Crippen LogP) is 2.87. The number of hydrogen-bond acceptors (Lipinski definition) is 9. The molecule has 0 spiro atoms. The number of nitrogens with zero attached hydrogens (tertiary/aromatic N) is 4. The number of morpholine rings is 1. The van der Waals surface area contributed by atoms with Crippen LogP contribution in [0, 0.1) is 16.9 Å². The Bertz CT molecular complexity index is 1060. The summed E-state index contributed by atoms with van der Waals surface area (Å²) in [5.41, 5.74) is 23.8. The van der Waals surface area contributed by atoms with E-state index in [4.69, 9.17) is 32.1 Å². The summed E-state index contributed by atoms with van der Waals surface area (Å²) in [5.74, 6) is 0.994. The molecule has 9 nitrogen and oxygen atoms in total. The fourth-order valence-corrected chi connectivity index (χ4v) is 3.82. The minimum Gasteiger partial charge on any atom is -0.397 e. The summed E-state index contributed by atoms with van der Waals surface area (Å²) in [6, 6.07) is 3.97. The average Bonchev–Trinajstić information content (AvgIpc) is 3.58. The molecule has 0 radical (unpaired) electrons. The van der Waals surface area contributed by atoms with Crippen LogP contribution in [-0.2, 0) is 4.74 Å². The maximum Gasteiger partial charge on any atom is 0.130 e. The topological polar surface area (TPSA) is 150 Å². The van der Waals surface area contributed by atoms with Gasteiger partial charge in [-0.1, -0.05) is 0 Å². The minimum absolute atomic E-state index is 0.153. The van der Waals surface area contributed by atoms with Crippen molar-refractivity contribution in [3.05, 3.63) is 41.4 Å². The number of rotatable bonds is 6. The van der Waals surface area contributed by atoms with Gasteiger partial charge < -0.3 is 26.5 Å². The van der Waals surface area contributed by atoms with Crippen LogP contribution in [0.3, 0.4) is 0 Å². The van der Waals surface area contributed by atoms with E-state index in [1.54, 1.807) is 6.20 Å². The molecule has 3 heterocycles. The molecule has 6 N–H and O–H groups in total. The van der Waals surface area contributed by atoms with E-state index < -0.39 is 0 Å². The molecule has 2 aromatic heterocycles. The van der Waals surface area contributed by atoms with Gasteiger partial charge in [0.25, 0.3) is 0 Å². The van der Waals surface area contributed by atoms with Gasteiger partial charge in [-0.3, -0.25) is 4.98 Å². The summed E-state index contributed by atoms with van der Waals surface area (Å²) in [5, 5.41) is 11.9. The molecule has 0 unspecified atom stereocenters. The normalized spacial score (nSPS) is 20.8. The third kappa shape index (κ3) is 3.63. The highest BCUT2D eigenvalue weighted by Gasteiger charge is 2.30. The Kier molecular flexibility index (Phi) is 5.45. The number of nitrogens with one attached hydrogen (secondary N) is 2. The fraction of sp³-hybridized carbons (Fsp3) is 0.381. The lowest BCUT2D eigenvalue weighted by molar-refractivity contribution is 0.0985. The molecule has 1 aliphatic carbocycles. The smallest absolute Gasteiger partial charge is 0.130 e. The Balaban J connectivity index is 1.99. The summed E-state index contributed by atoms with van der Waals surface area (Å²) >= 11 is 0. The van der Waals surface area contributed by atoms with Gasteiger partial charge in [0, 0.05) is 35.8 Å². The van der Waals surface area contributed by atoms with E-state index >= 15 is 0 Å². The van der Waals surface area contributed by atoms with Crippen molar-refractivity contribution in [2.45, 2.75) is 25.8 Å². The van der Waals surface area contributed by atoms with E-state index in [-0.39, 0.29) is 12.0 Å². The van der Waals surface area contributed by atoms with Crippen LogP contribution in [0.5, 0.6) is 0 Å². The molecule has 1 saturated carbocycles. The molecule has 156 valence electrons. The predicted molar refractivity (Wildman–Crippen MR) is 117 cm³/mol. The molecule has 30 heavy (non-hydrogen) atoms. The molecule has 9 heteroatoms. The van der Waals surface area contributed by atoms with Crippen LogP contribution in [0.15, 0.2) is 35.2 Å². The summed E-state index contributed by atoms with van der Waals surface area (Å²) in [4.78, 5) is 11.5. The number of aromatic nitrogens is 2. The second-order valence-electron chi connectivity index (χ2n) is 7.67. The van der Waals surface area contributed by atoms with E-state index in [0.29, 0.717) is 48.1 Å². The van der Waals surface area contributed by atoms with Crippen molar-refractivity contribution in [2.24, 2.45) is 22.5 Å². The average molecular weight is 406 g/mol. The van der Waals surface area contributed by atoms with Crippen molar-refractivity contribution in [3.8, 4) is 0 Å². The molecule has 0 amide bonds. The number of pyridine rings is 2. The Morgan fingerprint density at radius 1 is 1.37 bits per heavy atom. The van der Waals surface area contributed by atoms with Crippen molar-refractivity contribution < 1.29 is 4.74 Å². The molecule has 1 atom stereocenters. The van der Waals surface area contributed by atoms with Crippen molar-refractivity contribution in [3.63, 3.8) is 0 Å². The number of fused-ring (bicyclic) bond motifs is 1. The van der Waals surface area contributed by atoms with Crippen LogP contribution < -0.4 is 16.4 Å². The zero-order valence-corrected chi connectivity index (χ0v) is 16.9. The van der Waals surface area contributed by atoms with Crippen molar-refractivity contribution in [1.82, 2.24) is 9.97 Å². The molecule has 1 aliphatic heterocycles. The molecule has 1 saturated heterocycles. The molecule has 0 bridgehead atoms. The van der Waals surface area contributed by atoms with Crippen molar-refractivity contribution in [2.75, 3.05) is 24.7 Å². The van der Waals surface area contributed by atoms with Crippen LogP contribution >= 0.6 is 0 Å². The Morgan fingerprint density at radius 2 is 2.17 bits per heavy atom. The molecule has 2 fully saturated rings. The van der Waals surface area contributed by atoms with E-state index in [1.807, 2.05) is 12.1 Å². The van der Waals surface area contributed by atoms with Crippen LogP contribution in [0.1, 0.15) is 31.0 Å². The molecule has 2 aromatic rings. The van der Waals surface area contributed by atoms with Gasteiger partial charge in [0.15, 0.2) is 0 Å². The van der Waals surface area contributed by atoms with Gasteiger partial charge in [-0.15, -0.1) is 0 Å². The number of ether oxygens (including phenoxy) is 1. The highest BCUT2D eigenvalue weighted by atomic mass is 16.5. The van der Waals surface area contributed by atoms with Gasteiger partial charge in [0.1, 0.15) is 17.0 Å². The van der Waals surface area contributed by atoms with Gasteiger partial charge >= 0.3 is 0 Å². The monoisotopic (exact) mass is 406 g/mol. The molecule has 4 rings (SSSR count). The maximum absolute atomic E-state index is 7.64. The highest BCUT2D eigenvalue weighted by molar-refractivity contribution is 5.99. The third-order valence-electron chi connectivity index (χ3n) is 5.56. The first-order valence-electron chi connectivity index (χ1n) is 10.0. The number of hydrogen-bond donors (Lipinski definition) is 4. The summed E-state index contributed by atoms with van der Waals surface area (Å²) in [6.07, 6.45) is 6.27. The first-order valence-corrected chi connectivity index (χ1v) is 10.0. The second kappa shape index (κ2) is 8.19. The second-order valence-corrected chi connectivity index (χ2v) is 7.67. The van der Waals surface area contributed by atoms with Gasteiger partial charge in [-0.2, -0.15) is 5.11 Å². The van der Waals surface area contributed by atoms with E-state index in [0.717, 1.165) is 35.8 Å². The molecule has 2 aliphatic rings. The quantitative estimate of drug-likeness (QED) is 0.428. The first-order chi connectivity index (χ1) is 14.5. The maximum atomic E-state index is 7.64. The first kappa shape index (κ1) is 20.0. The fourth-order valence-electron chi connectivity index (χ4n) is 3.82. The molecular formula is C21H26N8O. The van der Waals surface area contributed by atoms with Gasteiger partial charge in [-0.25, -0.2) is 10.5 Å². The van der Waals surface area contributed by atoms with Gasteiger partial charge in [0.2, 0.25) is 0 Å². The van der Waals surface area contributed by atoms with E-state index in [1.165, 1.54) is 6.08 Å². The molecule has 0 aromatic carbocycles. The van der Waals surface area contributed by atoms with Crippen LogP contribution in [0.25, 0.3) is 22.3 Å². The highest BCUT2D eigenvalue weighted by Crippen LogP contribution is 2.41. The number of nitrogens with two attached hydrogens (primary N) is 2. The number of anilines is 1.